The van der Waals surface area contributed by atoms with E-state index in [-0.39, 0.29) is 18.3 Å². The number of amides is 1. The summed E-state index contributed by atoms with van der Waals surface area (Å²) in [5.41, 5.74) is 2.13. The van der Waals surface area contributed by atoms with Crippen LogP contribution in [-0.4, -0.2) is 26.8 Å². The van der Waals surface area contributed by atoms with Crippen LogP contribution in [0, 0.1) is 6.92 Å². The first-order valence-electron chi connectivity index (χ1n) is 8.39. The normalized spacial score (nSPS) is 11.0. The number of thiazole rings is 1. The third-order valence-corrected chi connectivity index (χ3v) is 5.24. The fraction of sp³-hybridized carbons (Fsp3) is 0.333. The molecule has 142 valence electrons. The van der Waals surface area contributed by atoms with Gasteiger partial charge in [-0.1, -0.05) is 37.7 Å². The maximum atomic E-state index is 11.9. The lowest BCUT2D eigenvalue weighted by molar-refractivity contribution is -0.113. The van der Waals surface area contributed by atoms with Crippen LogP contribution in [0.4, 0.5) is 5.13 Å². The Morgan fingerprint density at radius 1 is 1.30 bits per heavy atom. The molecule has 3 aromatic rings. The predicted octanol–water partition coefficient (Wildman–Crippen LogP) is 4.27. The number of hydrogen-bond acceptors (Lipinski definition) is 8. The van der Waals surface area contributed by atoms with Crippen molar-refractivity contribution >= 4 is 34.1 Å². The second kappa shape index (κ2) is 9.01. The van der Waals surface area contributed by atoms with Crippen LogP contribution >= 0.6 is 23.1 Å². The van der Waals surface area contributed by atoms with Gasteiger partial charge in [0, 0.05) is 5.38 Å². The molecule has 3 rings (SSSR count). The molecule has 1 N–H and O–H groups in total. The van der Waals surface area contributed by atoms with Crippen LogP contribution in [0.3, 0.4) is 0 Å². The van der Waals surface area contributed by atoms with E-state index in [0.717, 1.165) is 11.4 Å². The van der Waals surface area contributed by atoms with Crippen LogP contribution in [0.2, 0.25) is 0 Å². The van der Waals surface area contributed by atoms with Gasteiger partial charge in [0.2, 0.25) is 5.91 Å². The molecule has 1 amide bonds. The molecule has 0 saturated heterocycles. The lowest BCUT2D eigenvalue weighted by Gasteiger charge is -2.07. The second-order valence-corrected chi connectivity index (χ2v) is 7.89. The number of carbonyl (C=O) groups is 1. The van der Waals surface area contributed by atoms with Gasteiger partial charge in [-0.25, -0.2) is 4.98 Å². The van der Waals surface area contributed by atoms with Crippen molar-refractivity contribution in [3.63, 3.8) is 0 Å². The molecule has 0 aliphatic carbocycles. The van der Waals surface area contributed by atoms with E-state index in [9.17, 15) is 4.79 Å². The fourth-order valence-electron chi connectivity index (χ4n) is 2.14. The minimum absolute atomic E-state index is 0.164. The molecule has 0 radical (unpaired) electrons. The first-order chi connectivity index (χ1) is 13.0. The number of benzene rings is 1. The summed E-state index contributed by atoms with van der Waals surface area (Å²) in [6.07, 6.45) is 0. The monoisotopic (exact) mass is 404 g/mol. The summed E-state index contributed by atoms with van der Waals surface area (Å²) >= 11 is 2.56. The van der Waals surface area contributed by atoms with Gasteiger partial charge in [-0.2, -0.15) is 0 Å². The van der Waals surface area contributed by atoms with Crippen LogP contribution in [0.15, 0.2) is 39.3 Å². The zero-order valence-electron chi connectivity index (χ0n) is 15.3. The number of aromatic nitrogens is 3. The van der Waals surface area contributed by atoms with E-state index >= 15 is 0 Å². The standard InChI is InChI=1S/C18H20N4O3S2/c1-11(2)13-4-6-14(7-5-13)24-8-16-21-22-18(25-16)27-10-15(23)20-17-19-12(3)9-26-17/h4-7,9,11H,8,10H2,1-3H3,(H,19,20,23). The molecular weight excluding hydrogens is 384 g/mol. The molecule has 9 heteroatoms. The molecule has 2 aromatic heterocycles. The molecule has 0 unspecified atom stereocenters. The zero-order chi connectivity index (χ0) is 19.2. The van der Waals surface area contributed by atoms with Gasteiger partial charge < -0.3 is 14.5 Å². The molecule has 0 saturated carbocycles. The molecule has 0 aliphatic rings. The van der Waals surface area contributed by atoms with Crippen LogP contribution in [0.25, 0.3) is 0 Å². The number of ether oxygens (including phenoxy) is 1. The molecule has 27 heavy (non-hydrogen) atoms. The van der Waals surface area contributed by atoms with E-state index in [0.29, 0.717) is 22.2 Å². The third kappa shape index (κ3) is 5.80. The second-order valence-electron chi connectivity index (χ2n) is 6.11. The van der Waals surface area contributed by atoms with Crippen LogP contribution in [0.5, 0.6) is 5.75 Å². The molecule has 7 nitrogen and oxygen atoms in total. The largest absolute Gasteiger partial charge is 0.484 e. The number of hydrogen-bond donors (Lipinski definition) is 1. The summed E-state index contributed by atoms with van der Waals surface area (Å²) in [7, 11) is 0. The predicted molar refractivity (Wildman–Crippen MR) is 105 cm³/mol. The van der Waals surface area contributed by atoms with E-state index in [2.05, 4.69) is 34.3 Å². The first-order valence-corrected chi connectivity index (χ1v) is 10.3. The van der Waals surface area contributed by atoms with Crippen molar-refractivity contribution in [2.24, 2.45) is 0 Å². The van der Waals surface area contributed by atoms with Crippen molar-refractivity contribution < 1.29 is 13.9 Å². The van der Waals surface area contributed by atoms with Gasteiger partial charge in [0.15, 0.2) is 11.7 Å². The molecular formula is C18H20N4O3S2. The van der Waals surface area contributed by atoms with E-state index in [1.807, 2.05) is 36.6 Å². The lowest BCUT2D eigenvalue weighted by atomic mass is 10.0. The molecule has 2 heterocycles. The number of anilines is 1. The van der Waals surface area contributed by atoms with Gasteiger partial charge in [-0.3, -0.25) is 4.79 Å². The molecule has 0 spiro atoms. The van der Waals surface area contributed by atoms with Crippen LogP contribution < -0.4 is 10.1 Å². The highest BCUT2D eigenvalue weighted by Gasteiger charge is 2.11. The number of rotatable bonds is 8. The minimum atomic E-state index is -0.171. The van der Waals surface area contributed by atoms with Crippen molar-refractivity contribution in [1.29, 1.82) is 0 Å². The number of aryl methyl sites for hydroxylation is 1. The Hall–Kier alpha value is -2.39. The van der Waals surface area contributed by atoms with E-state index < -0.39 is 0 Å². The van der Waals surface area contributed by atoms with Crippen molar-refractivity contribution in [3.8, 4) is 5.75 Å². The highest BCUT2D eigenvalue weighted by Crippen LogP contribution is 2.21. The Balaban J connectivity index is 1.44. The van der Waals surface area contributed by atoms with Crippen molar-refractivity contribution in [2.75, 3.05) is 11.1 Å². The summed E-state index contributed by atoms with van der Waals surface area (Å²) in [6.45, 7) is 6.35. The highest BCUT2D eigenvalue weighted by molar-refractivity contribution is 7.99. The Morgan fingerprint density at radius 2 is 2.07 bits per heavy atom. The molecule has 0 atom stereocenters. The highest BCUT2D eigenvalue weighted by atomic mass is 32.2. The molecule has 0 fully saturated rings. The smallest absolute Gasteiger partial charge is 0.277 e. The number of thioether (sulfide) groups is 1. The van der Waals surface area contributed by atoms with Gasteiger partial charge in [-0.15, -0.1) is 21.5 Å². The quantitative estimate of drug-likeness (QED) is 0.561. The first kappa shape index (κ1) is 19.4. The van der Waals surface area contributed by atoms with Gasteiger partial charge in [0.1, 0.15) is 5.75 Å². The van der Waals surface area contributed by atoms with E-state index in [1.54, 1.807) is 0 Å². The van der Waals surface area contributed by atoms with Crippen molar-refractivity contribution in [1.82, 2.24) is 15.2 Å². The summed E-state index contributed by atoms with van der Waals surface area (Å²) in [5.74, 6) is 1.57. The molecule has 0 aliphatic heterocycles. The Morgan fingerprint density at radius 3 is 2.74 bits per heavy atom. The topological polar surface area (TPSA) is 90.1 Å². The van der Waals surface area contributed by atoms with Crippen LogP contribution in [0.1, 0.15) is 36.9 Å². The van der Waals surface area contributed by atoms with Gasteiger partial charge >= 0.3 is 0 Å². The van der Waals surface area contributed by atoms with Gasteiger partial charge in [-0.05, 0) is 30.5 Å². The Bertz CT molecular complexity index is 890. The summed E-state index contributed by atoms with van der Waals surface area (Å²) in [5, 5.41) is 13.4. The maximum absolute atomic E-state index is 11.9. The maximum Gasteiger partial charge on any atom is 0.277 e. The van der Waals surface area contributed by atoms with E-state index in [1.165, 1.54) is 28.7 Å². The van der Waals surface area contributed by atoms with Crippen molar-refractivity contribution in [2.45, 2.75) is 38.5 Å². The van der Waals surface area contributed by atoms with Crippen molar-refractivity contribution in [3.05, 3.63) is 46.8 Å². The van der Waals surface area contributed by atoms with Gasteiger partial charge in [0.05, 0.1) is 11.4 Å². The lowest BCUT2D eigenvalue weighted by Crippen LogP contribution is -2.13. The summed E-state index contributed by atoms with van der Waals surface area (Å²) < 4.78 is 11.2. The number of nitrogens with one attached hydrogen (secondary N) is 1. The fourth-order valence-corrected chi connectivity index (χ4v) is 3.43. The average Bonchev–Trinajstić information content (AvgIpc) is 3.27. The molecule has 0 bridgehead atoms. The summed E-state index contributed by atoms with van der Waals surface area (Å²) in [6, 6.07) is 7.92. The Labute approximate surface area is 165 Å². The van der Waals surface area contributed by atoms with Crippen LogP contribution in [-0.2, 0) is 11.4 Å². The summed E-state index contributed by atoms with van der Waals surface area (Å²) in [4.78, 5) is 16.1. The third-order valence-electron chi connectivity index (χ3n) is 3.55. The zero-order valence-corrected chi connectivity index (χ0v) is 16.9. The minimum Gasteiger partial charge on any atom is -0.484 e. The average molecular weight is 405 g/mol. The van der Waals surface area contributed by atoms with E-state index in [4.69, 9.17) is 9.15 Å². The Kier molecular flexibility index (Phi) is 6.46. The number of nitrogens with zero attached hydrogens (tertiary/aromatic N) is 3. The molecule has 1 aromatic carbocycles. The SMILES string of the molecule is Cc1csc(NC(=O)CSc2nnc(COc3ccc(C(C)C)cc3)o2)n1. The number of carbonyl (C=O) groups excluding carboxylic acids is 1. The van der Waals surface area contributed by atoms with Gasteiger partial charge in [0.25, 0.3) is 11.1 Å².